The van der Waals surface area contributed by atoms with Crippen molar-refractivity contribution in [3.63, 3.8) is 0 Å². The molecule has 4 nitrogen and oxygen atoms in total. The fraction of sp³-hybridized carbons (Fsp3) is 0.211. The summed E-state index contributed by atoms with van der Waals surface area (Å²) < 4.78 is 19.3. The molecule has 2 N–H and O–H groups in total. The molecule has 0 atom stereocenters. The highest BCUT2D eigenvalue weighted by atomic mass is 127. The average Bonchev–Trinajstić information content (AvgIpc) is 3.02. The van der Waals surface area contributed by atoms with Crippen molar-refractivity contribution in [3.05, 3.63) is 71.7 Å². The third kappa shape index (κ3) is 5.19. The summed E-state index contributed by atoms with van der Waals surface area (Å²) >= 11 is 0. The number of fused-ring (bicyclic) bond motifs is 1. The molecule has 25 heavy (non-hydrogen) atoms. The van der Waals surface area contributed by atoms with Gasteiger partial charge in [-0.15, -0.1) is 24.0 Å². The van der Waals surface area contributed by atoms with Crippen molar-refractivity contribution in [1.82, 2.24) is 10.6 Å². The van der Waals surface area contributed by atoms with E-state index in [0.717, 1.165) is 16.7 Å². The number of aliphatic imine (C=N–C) groups is 1. The predicted molar refractivity (Wildman–Crippen MR) is 110 cm³/mol. The molecule has 132 valence electrons. The van der Waals surface area contributed by atoms with E-state index in [4.69, 9.17) is 4.42 Å². The zero-order valence-corrected chi connectivity index (χ0v) is 16.3. The Hall–Kier alpha value is -2.09. The summed E-state index contributed by atoms with van der Waals surface area (Å²) in [4.78, 5) is 4.17. The number of halogens is 2. The fourth-order valence-electron chi connectivity index (χ4n) is 2.53. The van der Waals surface area contributed by atoms with Crippen LogP contribution in [-0.2, 0) is 13.0 Å². The normalized spacial score (nSPS) is 11.2. The second kappa shape index (κ2) is 9.41. The first-order valence-electron chi connectivity index (χ1n) is 7.91. The largest absolute Gasteiger partial charge is 0.459 e. The molecule has 0 saturated carbocycles. The summed E-state index contributed by atoms with van der Waals surface area (Å²) in [6, 6.07) is 16.7. The molecule has 0 spiro atoms. The maximum absolute atomic E-state index is 13.6. The molecular formula is C19H21FIN3O. The van der Waals surface area contributed by atoms with Gasteiger partial charge in [-0.25, -0.2) is 4.39 Å². The molecule has 1 aromatic heterocycles. The standard InChI is InChI=1S/C19H20FN3O.HI/c1-21-19(22-11-10-14-6-2-4-8-17(14)20)23-13-16-12-15-7-3-5-9-18(15)24-16;/h2-9,12H,10-11,13H2,1H3,(H2,21,22,23);1H. The number of para-hydroxylation sites is 1. The van der Waals surface area contributed by atoms with Gasteiger partial charge < -0.3 is 15.1 Å². The van der Waals surface area contributed by atoms with E-state index in [0.29, 0.717) is 31.0 Å². The molecule has 0 radical (unpaired) electrons. The van der Waals surface area contributed by atoms with E-state index in [1.807, 2.05) is 36.4 Å². The average molecular weight is 453 g/mol. The molecule has 0 aliphatic heterocycles. The van der Waals surface area contributed by atoms with Crippen LogP contribution in [0.25, 0.3) is 11.0 Å². The Labute approximate surface area is 163 Å². The van der Waals surface area contributed by atoms with Crippen LogP contribution >= 0.6 is 24.0 Å². The lowest BCUT2D eigenvalue weighted by atomic mass is 10.1. The summed E-state index contributed by atoms with van der Waals surface area (Å²) in [5.41, 5.74) is 1.56. The molecule has 3 rings (SSSR count). The van der Waals surface area contributed by atoms with Gasteiger partial charge in [0.15, 0.2) is 5.96 Å². The second-order valence-electron chi connectivity index (χ2n) is 5.44. The van der Waals surface area contributed by atoms with E-state index in [2.05, 4.69) is 15.6 Å². The van der Waals surface area contributed by atoms with Crippen LogP contribution in [0.15, 0.2) is 64.0 Å². The summed E-state index contributed by atoms with van der Waals surface area (Å²) in [6.45, 7) is 1.13. The zero-order valence-electron chi connectivity index (χ0n) is 14.0. The molecule has 0 saturated heterocycles. The first kappa shape index (κ1) is 19.2. The Bertz CT molecular complexity index is 814. The lowest BCUT2D eigenvalue weighted by molar-refractivity contribution is 0.538. The fourth-order valence-corrected chi connectivity index (χ4v) is 2.53. The third-order valence-electron chi connectivity index (χ3n) is 3.77. The molecule has 0 aliphatic rings. The minimum atomic E-state index is -0.176. The molecule has 2 aromatic carbocycles. The number of nitrogens with one attached hydrogen (secondary N) is 2. The second-order valence-corrected chi connectivity index (χ2v) is 5.44. The van der Waals surface area contributed by atoms with E-state index >= 15 is 0 Å². The number of hydrogen-bond donors (Lipinski definition) is 2. The SMILES string of the molecule is CN=C(NCCc1ccccc1F)NCc1cc2ccccc2o1.I. The van der Waals surface area contributed by atoms with Gasteiger partial charge in [-0.05, 0) is 30.2 Å². The highest BCUT2D eigenvalue weighted by molar-refractivity contribution is 14.0. The van der Waals surface area contributed by atoms with Gasteiger partial charge in [0.1, 0.15) is 17.2 Å². The highest BCUT2D eigenvalue weighted by Gasteiger charge is 2.05. The van der Waals surface area contributed by atoms with Crippen LogP contribution in [0.2, 0.25) is 0 Å². The van der Waals surface area contributed by atoms with E-state index < -0.39 is 0 Å². The van der Waals surface area contributed by atoms with Crippen LogP contribution in [0.1, 0.15) is 11.3 Å². The van der Waals surface area contributed by atoms with Crippen LogP contribution in [0.4, 0.5) is 4.39 Å². The van der Waals surface area contributed by atoms with Gasteiger partial charge in [0.25, 0.3) is 0 Å². The first-order valence-corrected chi connectivity index (χ1v) is 7.91. The first-order chi connectivity index (χ1) is 11.8. The minimum Gasteiger partial charge on any atom is -0.459 e. The zero-order chi connectivity index (χ0) is 16.8. The quantitative estimate of drug-likeness (QED) is 0.348. The summed E-state index contributed by atoms with van der Waals surface area (Å²) in [7, 11) is 1.71. The van der Waals surface area contributed by atoms with Crippen LogP contribution in [0.3, 0.4) is 0 Å². The van der Waals surface area contributed by atoms with Crippen molar-refractivity contribution >= 4 is 40.9 Å². The summed E-state index contributed by atoms with van der Waals surface area (Å²) in [5.74, 6) is 1.32. The van der Waals surface area contributed by atoms with Gasteiger partial charge in [0, 0.05) is 19.0 Å². The number of rotatable bonds is 5. The van der Waals surface area contributed by atoms with E-state index in [9.17, 15) is 4.39 Å². The molecule has 3 aromatic rings. The predicted octanol–water partition coefficient (Wildman–Crippen LogP) is 4.10. The van der Waals surface area contributed by atoms with Crippen LogP contribution < -0.4 is 10.6 Å². The number of guanidine groups is 1. The van der Waals surface area contributed by atoms with Crippen molar-refractivity contribution in [2.75, 3.05) is 13.6 Å². The molecule has 0 aliphatic carbocycles. The maximum Gasteiger partial charge on any atom is 0.191 e. The summed E-state index contributed by atoms with van der Waals surface area (Å²) in [6.07, 6.45) is 0.595. The van der Waals surface area contributed by atoms with Crippen molar-refractivity contribution in [3.8, 4) is 0 Å². The highest BCUT2D eigenvalue weighted by Crippen LogP contribution is 2.18. The number of benzene rings is 2. The van der Waals surface area contributed by atoms with Crippen LogP contribution in [0, 0.1) is 5.82 Å². The van der Waals surface area contributed by atoms with Crippen molar-refractivity contribution in [2.24, 2.45) is 4.99 Å². The molecule has 1 heterocycles. The Morgan fingerprint density at radius 2 is 1.84 bits per heavy atom. The molecule has 6 heteroatoms. The molecular weight excluding hydrogens is 432 g/mol. The summed E-state index contributed by atoms with van der Waals surface area (Å²) in [5, 5.41) is 7.46. The Morgan fingerprint density at radius 3 is 2.60 bits per heavy atom. The molecule has 0 bridgehead atoms. The molecule has 0 fully saturated rings. The van der Waals surface area contributed by atoms with Gasteiger partial charge in [-0.2, -0.15) is 0 Å². The minimum absolute atomic E-state index is 0. The Morgan fingerprint density at radius 1 is 1.08 bits per heavy atom. The lowest BCUT2D eigenvalue weighted by Crippen LogP contribution is -2.37. The number of furan rings is 1. The smallest absolute Gasteiger partial charge is 0.191 e. The Balaban J connectivity index is 0.00000225. The topological polar surface area (TPSA) is 49.6 Å². The van der Waals surface area contributed by atoms with E-state index in [1.165, 1.54) is 6.07 Å². The lowest BCUT2D eigenvalue weighted by Gasteiger charge is -2.11. The van der Waals surface area contributed by atoms with Crippen molar-refractivity contribution in [2.45, 2.75) is 13.0 Å². The Kier molecular flexibility index (Phi) is 7.24. The van der Waals surface area contributed by atoms with Crippen LogP contribution in [0.5, 0.6) is 0 Å². The monoisotopic (exact) mass is 453 g/mol. The van der Waals surface area contributed by atoms with E-state index in [1.54, 1.807) is 19.2 Å². The van der Waals surface area contributed by atoms with Crippen molar-refractivity contribution < 1.29 is 8.81 Å². The number of nitrogens with zero attached hydrogens (tertiary/aromatic N) is 1. The van der Waals surface area contributed by atoms with Crippen LogP contribution in [-0.4, -0.2) is 19.6 Å². The van der Waals surface area contributed by atoms with Gasteiger partial charge in [-0.1, -0.05) is 36.4 Å². The number of hydrogen-bond acceptors (Lipinski definition) is 2. The van der Waals surface area contributed by atoms with Gasteiger partial charge in [0.2, 0.25) is 0 Å². The third-order valence-corrected chi connectivity index (χ3v) is 3.77. The maximum atomic E-state index is 13.6. The van der Waals surface area contributed by atoms with E-state index in [-0.39, 0.29) is 29.8 Å². The van der Waals surface area contributed by atoms with Gasteiger partial charge in [-0.3, -0.25) is 4.99 Å². The van der Waals surface area contributed by atoms with Crippen molar-refractivity contribution in [1.29, 1.82) is 0 Å². The molecule has 0 amide bonds. The van der Waals surface area contributed by atoms with Gasteiger partial charge >= 0.3 is 0 Å². The molecule has 0 unspecified atom stereocenters. The van der Waals surface area contributed by atoms with Gasteiger partial charge in [0.05, 0.1) is 6.54 Å².